The summed E-state index contributed by atoms with van der Waals surface area (Å²) in [5.41, 5.74) is 0. The minimum atomic E-state index is 0.0130. The molecule has 0 spiro atoms. The quantitative estimate of drug-likeness (QED) is 0.640. The number of Topliss-reactive ketones (excluding diaryl/α,β-unsaturated/α-hetero) is 1. The van der Waals surface area contributed by atoms with E-state index >= 15 is 0 Å². The smallest absolute Gasteiger partial charge is 0.217 e. The van der Waals surface area contributed by atoms with E-state index in [4.69, 9.17) is 0 Å². The van der Waals surface area contributed by atoms with Crippen LogP contribution >= 0.6 is 0 Å². The Bertz CT molecular complexity index is 178. The van der Waals surface area contributed by atoms with E-state index in [1.165, 1.54) is 6.92 Å². The molecule has 0 saturated heterocycles. The fourth-order valence-electron chi connectivity index (χ4n) is 1.24. The van der Waals surface area contributed by atoms with Crippen LogP contribution in [-0.2, 0) is 9.59 Å². The van der Waals surface area contributed by atoms with Crippen molar-refractivity contribution in [3.63, 3.8) is 0 Å². The maximum Gasteiger partial charge on any atom is 0.217 e. The lowest BCUT2D eigenvalue weighted by Crippen LogP contribution is -2.30. The molecule has 0 heterocycles. The van der Waals surface area contributed by atoms with Crippen LogP contribution in [0, 0.1) is 0 Å². The van der Waals surface area contributed by atoms with E-state index in [1.54, 1.807) is 6.92 Å². The molecule has 0 aliphatic heterocycles. The normalized spacial score (nSPS) is 12.2. The molecule has 0 aromatic carbocycles. The third kappa shape index (κ3) is 9.05. The van der Waals surface area contributed by atoms with Gasteiger partial charge in [0, 0.05) is 19.4 Å². The number of carbonyl (C=O) groups is 2. The summed E-state index contributed by atoms with van der Waals surface area (Å²) in [6.07, 6.45) is 3.54. The molecule has 3 heteroatoms. The van der Waals surface area contributed by atoms with Gasteiger partial charge in [-0.25, -0.2) is 0 Å². The fraction of sp³-hybridized carbons (Fsp3) is 0.800. The molecule has 3 nitrogen and oxygen atoms in total. The number of hydrogen-bond donors (Lipinski definition) is 1. The first kappa shape index (κ1) is 12.1. The maximum atomic E-state index is 10.6. The van der Waals surface area contributed by atoms with Crippen molar-refractivity contribution in [3.8, 4) is 0 Å². The molecule has 1 unspecified atom stereocenters. The molecule has 0 saturated carbocycles. The first-order valence-corrected chi connectivity index (χ1v) is 4.79. The number of amides is 1. The molecule has 1 atom stereocenters. The molecule has 0 aromatic heterocycles. The van der Waals surface area contributed by atoms with Crippen molar-refractivity contribution < 1.29 is 9.59 Å². The summed E-state index contributed by atoms with van der Waals surface area (Å²) in [4.78, 5) is 21.2. The SMILES string of the molecule is CC(=O)CCCCC(C)NC(C)=O. The van der Waals surface area contributed by atoms with Gasteiger partial charge in [-0.2, -0.15) is 0 Å². The van der Waals surface area contributed by atoms with Crippen LogP contribution in [0.15, 0.2) is 0 Å². The standard InChI is InChI=1S/C10H19NO2/c1-8(11-10(3)13)6-4-5-7-9(2)12/h8H,4-7H2,1-3H3,(H,11,13). The summed E-state index contributed by atoms with van der Waals surface area (Å²) in [7, 11) is 0. The number of rotatable bonds is 6. The van der Waals surface area contributed by atoms with Crippen molar-refractivity contribution in [1.82, 2.24) is 5.32 Å². The average molecular weight is 185 g/mol. The zero-order valence-electron chi connectivity index (χ0n) is 8.72. The minimum absolute atomic E-state index is 0.0130. The summed E-state index contributed by atoms with van der Waals surface area (Å²) in [5, 5.41) is 2.81. The lowest BCUT2D eigenvalue weighted by molar-refractivity contribution is -0.120. The first-order valence-electron chi connectivity index (χ1n) is 4.79. The van der Waals surface area contributed by atoms with Crippen LogP contribution in [0.5, 0.6) is 0 Å². The van der Waals surface area contributed by atoms with Crippen LogP contribution in [0.25, 0.3) is 0 Å². The highest BCUT2D eigenvalue weighted by Gasteiger charge is 2.02. The Hall–Kier alpha value is -0.860. The first-order chi connectivity index (χ1) is 6.02. The van der Waals surface area contributed by atoms with Gasteiger partial charge >= 0.3 is 0 Å². The molecule has 0 fully saturated rings. The van der Waals surface area contributed by atoms with Crippen LogP contribution in [0.4, 0.5) is 0 Å². The van der Waals surface area contributed by atoms with Gasteiger partial charge in [-0.3, -0.25) is 4.79 Å². The van der Waals surface area contributed by atoms with Gasteiger partial charge in [-0.15, -0.1) is 0 Å². The van der Waals surface area contributed by atoms with Crippen LogP contribution in [0.1, 0.15) is 46.5 Å². The van der Waals surface area contributed by atoms with E-state index in [2.05, 4.69) is 5.32 Å². The lowest BCUT2D eigenvalue weighted by atomic mass is 10.1. The van der Waals surface area contributed by atoms with Crippen molar-refractivity contribution >= 4 is 11.7 Å². The molecular formula is C10H19NO2. The second-order valence-electron chi connectivity index (χ2n) is 3.55. The van der Waals surface area contributed by atoms with E-state index in [1.807, 2.05) is 6.92 Å². The Morgan fingerprint density at radius 3 is 2.31 bits per heavy atom. The molecule has 1 N–H and O–H groups in total. The Labute approximate surface area is 79.9 Å². The van der Waals surface area contributed by atoms with Crippen molar-refractivity contribution in [3.05, 3.63) is 0 Å². The molecule has 76 valence electrons. The number of hydrogen-bond acceptors (Lipinski definition) is 2. The zero-order chi connectivity index (χ0) is 10.3. The zero-order valence-corrected chi connectivity index (χ0v) is 8.72. The van der Waals surface area contributed by atoms with Crippen LogP contribution < -0.4 is 5.32 Å². The van der Waals surface area contributed by atoms with Crippen LogP contribution in [0.2, 0.25) is 0 Å². The molecule has 1 amide bonds. The van der Waals surface area contributed by atoms with Gasteiger partial charge < -0.3 is 10.1 Å². The molecule has 0 aliphatic rings. The Morgan fingerprint density at radius 1 is 1.23 bits per heavy atom. The van der Waals surface area contributed by atoms with E-state index in [0.29, 0.717) is 6.42 Å². The number of nitrogens with one attached hydrogen (secondary N) is 1. The van der Waals surface area contributed by atoms with Gasteiger partial charge in [0.2, 0.25) is 5.91 Å². The molecule has 0 aromatic rings. The van der Waals surface area contributed by atoms with E-state index < -0.39 is 0 Å². The maximum absolute atomic E-state index is 10.6. The highest BCUT2D eigenvalue weighted by atomic mass is 16.1. The monoisotopic (exact) mass is 185 g/mol. The highest BCUT2D eigenvalue weighted by Crippen LogP contribution is 2.03. The molecule has 0 radical (unpaired) electrons. The third-order valence-corrected chi connectivity index (χ3v) is 1.87. The largest absolute Gasteiger partial charge is 0.354 e. The topological polar surface area (TPSA) is 46.2 Å². The molecule has 13 heavy (non-hydrogen) atoms. The van der Waals surface area contributed by atoms with Crippen molar-refractivity contribution in [2.45, 2.75) is 52.5 Å². The number of carbonyl (C=O) groups excluding carboxylic acids is 2. The van der Waals surface area contributed by atoms with Crippen molar-refractivity contribution in [1.29, 1.82) is 0 Å². The van der Waals surface area contributed by atoms with Gasteiger partial charge in [-0.05, 0) is 26.7 Å². The predicted octanol–water partition coefficient (Wildman–Crippen LogP) is 1.66. The highest BCUT2D eigenvalue weighted by molar-refractivity contribution is 5.75. The van der Waals surface area contributed by atoms with Crippen molar-refractivity contribution in [2.24, 2.45) is 0 Å². The lowest BCUT2D eigenvalue weighted by Gasteiger charge is -2.11. The molecule has 0 aliphatic carbocycles. The minimum Gasteiger partial charge on any atom is -0.354 e. The van der Waals surface area contributed by atoms with Gasteiger partial charge in [0.05, 0.1) is 0 Å². The Morgan fingerprint density at radius 2 is 1.85 bits per heavy atom. The third-order valence-electron chi connectivity index (χ3n) is 1.87. The number of ketones is 1. The second-order valence-corrected chi connectivity index (χ2v) is 3.55. The van der Waals surface area contributed by atoms with Gasteiger partial charge in [0.25, 0.3) is 0 Å². The van der Waals surface area contributed by atoms with E-state index in [0.717, 1.165) is 19.3 Å². The summed E-state index contributed by atoms with van der Waals surface area (Å²) in [6, 6.07) is 0.226. The Kier molecular flexibility index (Phi) is 6.20. The summed E-state index contributed by atoms with van der Waals surface area (Å²) in [5.74, 6) is 0.256. The molecule has 0 bridgehead atoms. The molecular weight excluding hydrogens is 166 g/mol. The van der Waals surface area contributed by atoms with Gasteiger partial charge in [-0.1, -0.05) is 6.42 Å². The second kappa shape index (κ2) is 6.63. The predicted molar refractivity (Wildman–Crippen MR) is 52.4 cm³/mol. The summed E-state index contributed by atoms with van der Waals surface area (Å²) < 4.78 is 0. The van der Waals surface area contributed by atoms with Crippen LogP contribution in [0.3, 0.4) is 0 Å². The van der Waals surface area contributed by atoms with E-state index in [-0.39, 0.29) is 17.7 Å². The summed E-state index contributed by atoms with van der Waals surface area (Å²) in [6.45, 7) is 5.11. The fourth-order valence-corrected chi connectivity index (χ4v) is 1.24. The Balaban J connectivity index is 3.31. The summed E-state index contributed by atoms with van der Waals surface area (Å²) >= 11 is 0. The van der Waals surface area contributed by atoms with Gasteiger partial charge in [0.15, 0.2) is 0 Å². The van der Waals surface area contributed by atoms with E-state index in [9.17, 15) is 9.59 Å². The molecule has 0 rings (SSSR count). The van der Waals surface area contributed by atoms with Gasteiger partial charge in [0.1, 0.15) is 5.78 Å². The number of unbranched alkanes of at least 4 members (excludes halogenated alkanes) is 1. The average Bonchev–Trinajstić information content (AvgIpc) is 1.96. The van der Waals surface area contributed by atoms with Crippen LogP contribution in [-0.4, -0.2) is 17.7 Å². The van der Waals surface area contributed by atoms with Crippen molar-refractivity contribution in [2.75, 3.05) is 0 Å².